The topological polar surface area (TPSA) is 101 Å². The Bertz CT molecular complexity index is 1500. The van der Waals surface area contributed by atoms with Crippen LogP contribution < -0.4 is 4.72 Å². The molecule has 3 aromatic rings. The lowest BCUT2D eigenvalue weighted by molar-refractivity contribution is -0.139. The second kappa shape index (κ2) is 10.9. The third-order valence-corrected chi connectivity index (χ3v) is 8.88. The summed E-state index contributed by atoms with van der Waals surface area (Å²) in [6, 6.07) is 16.9. The van der Waals surface area contributed by atoms with E-state index < -0.39 is 53.5 Å². The largest absolute Gasteiger partial charge is 0.417 e. The van der Waals surface area contributed by atoms with Gasteiger partial charge in [-0.05, 0) is 63.2 Å². The van der Waals surface area contributed by atoms with E-state index >= 15 is 0 Å². The van der Waals surface area contributed by atoms with Gasteiger partial charge in [0.15, 0.2) is 0 Å². The van der Waals surface area contributed by atoms with Gasteiger partial charge in [-0.15, -0.1) is 0 Å². The number of hydrogen-bond acceptors (Lipinski definition) is 5. The van der Waals surface area contributed by atoms with Crippen LogP contribution in [-0.4, -0.2) is 46.3 Å². The molecule has 0 atom stereocenters. The molecule has 204 valence electrons. The van der Waals surface area contributed by atoms with Crippen LogP contribution in [0.1, 0.15) is 36.7 Å². The van der Waals surface area contributed by atoms with E-state index in [0.29, 0.717) is 17.7 Å². The number of halogens is 3. The average molecular weight is 569 g/mol. The smallest absolute Gasteiger partial charge is 0.332 e. The Morgan fingerprint density at radius 2 is 1.37 bits per heavy atom. The maximum absolute atomic E-state index is 13.7. The number of sulfone groups is 1. The van der Waals surface area contributed by atoms with E-state index in [1.807, 2.05) is 0 Å². The number of nitrogens with one attached hydrogen (secondary N) is 1. The molecule has 0 spiro atoms. The number of rotatable bonds is 8. The summed E-state index contributed by atoms with van der Waals surface area (Å²) in [6.07, 6.45) is -5.07. The van der Waals surface area contributed by atoms with E-state index in [1.54, 1.807) is 57.2 Å². The first-order valence-corrected chi connectivity index (χ1v) is 14.4. The predicted molar refractivity (Wildman–Crippen MR) is 136 cm³/mol. The van der Waals surface area contributed by atoms with Gasteiger partial charge in [-0.25, -0.2) is 21.6 Å². The highest BCUT2D eigenvalue weighted by atomic mass is 32.2. The Hall–Kier alpha value is -3.22. The molecule has 0 saturated carbocycles. The zero-order valence-corrected chi connectivity index (χ0v) is 22.5. The van der Waals surface area contributed by atoms with Crippen LogP contribution in [0.2, 0.25) is 0 Å². The number of benzene rings is 3. The molecular formula is C26H27F3N2O5S2. The quantitative estimate of drug-likeness (QED) is 0.423. The molecular weight excluding hydrogens is 541 g/mol. The maximum Gasteiger partial charge on any atom is 0.417 e. The summed E-state index contributed by atoms with van der Waals surface area (Å²) in [6.45, 7) is 4.65. The number of nitrogens with zero attached hydrogens (tertiary/aromatic N) is 1. The number of carbonyl (C=O) groups is 1. The molecule has 3 rings (SSSR count). The number of amides is 1. The van der Waals surface area contributed by atoms with E-state index in [9.17, 15) is 34.8 Å². The molecule has 1 N–H and O–H groups in total. The second-order valence-corrected chi connectivity index (χ2v) is 13.0. The normalized spacial score (nSPS) is 12.8. The van der Waals surface area contributed by atoms with Crippen LogP contribution >= 0.6 is 0 Å². The fourth-order valence-corrected chi connectivity index (χ4v) is 6.36. The summed E-state index contributed by atoms with van der Waals surface area (Å²) in [4.78, 5) is 12.4. The van der Waals surface area contributed by atoms with E-state index in [1.165, 1.54) is 29.2 Å². The first kappa shape index (κ1) is 29.3. The minimum absolute atomic E-state index is 0.153. The molecule has 12 heteroatoms. The van der Waals surface area contributed by atoms with Gasteiger partial charge in [-0.3, -0.25) is 4.79 Å². The predicted octanol–water partition coefficient (Wildman–Crippen LogP) is 4.76. The molecule has 0 unspecified atom stereocenters. The van der Waals surface area contributed by atoms with Crippen molar-refractivity contribution < 1.29 is 34.8 Å². The molecule has 0 aliphatic carbocycles. The van der Waals surface area contributed by atoms with Crippen molar-refractivity contribution in [3.8, 4) is 0 Å². The first-order chi connectivity index (χ1) is 17.5. The minimum atomic E-state index is -5.07. The van der Waals surface area contributed by atoms with Gasteiger partial charge >= 0.3 is 6.18 Å². The Morgan fingerprint density at radius 3 is 1.89 bits per heavy atom. The number of carbonyl (C=O) groups excluding carboxylic acids is 1. The van der Waals surface area contributed by atoms with Crippen molar-refractivity contribution in [1.82, 2.24) is 9.62 Å². The molecule has 7 nitrogen and oxygen atoms in total. The fourth-order valence-electron chi connectivity index (χ4n) is 3.71. The van der Waals surface area contributed by atoms with Crippen molar-refractivity contribution in [2.75, 3.05) is 13.1 Å². The van der Waals surface area contributed by atoms with E-state index in [4.69, 9.17) is 0 Å². The lowest BCUT2D eigenvalue weighted by Gasteiger charge is -2.36. The summed E-state index contributed by atoms with van der Waals surface area (Å²) in [5.74, 6) is -0.385. The fraction of sp³-hybridized carbons (Fsp3) is 0.269. The van der Waals surface area contributed by atoms with Crippen LogP contribution in [0.15, 0.2) is 93.5 Å². The Morgan fingerprint density at radius 1 is 0.816 bits per heavy atom. The van der Waals surface area contributed by atoms with Crippen molar-refractivity contribution in [3.63, 3.8) is 0 Å². The number of hydrogen-bond donors (Lipinski definition) is 1. The van der Waals surface area contributed by atoms with Crippen LogP contribution in [0.4, 0.5) is 13.2 Å². The molecule has 1 amide bonds. The third-order valence-electron chi connectivity index (χ3n) is 5.61. The SMILES string of the molecule is CC(C)(C)N(CCNS(=O)(=O)c1cc(S(=O)(=O)c2ccccc2)ccc1C(F)(F)F)C(=O)c1ccccc1. The standard InChI is InChI=1S/C26H27F3N2O5S2/c1-25(2,3)31(24(32)19-10-6-4-7-11-19)17-16-30-38(35,36)23-18-21(14-15-22(23)26(27,28)29)37(33,34)20-12-8-5-9-13-20/h4-15,18,30H,16-17H2,1-3H3. The highest BCUT2D eigenvalue weighted by Crippen LogP contribution is 2.36. The van der Waals surface area contributed by atoms with Crippen molar-refractivity contribution in [2.45, 2.75) is 47.2 Å². The average Bonchev–Trinajstić information content (AvgIpc) is 2.85. The second-order valence-electron chi connectivity index (χ2n) is 9.36. The van der Waals surface area contributed by atoms with Crippen molar-refractivity contribution in [3.05, 3.63) is 90.0 Å². The Labute approximate surface area is 220 Å². The van der Waals surface area contributed by atoms with E-state index in [0.717, 1.165) is 6.07 Å². The summed E-state index contributed by atoms with van der Waals surface area (Å²) in [5, 5.41) is 0. The minimum Gasteiger partial charge on any atom is -0.332 e. The lowest BCUT2D eigenvalue weighted by atomic mass is 10.0. The van der Waals surface area contributed by atoms with Gasteiger partial charge in [-0.2, -0.15) is 13.2 Å². The van der Waals surface area contributed by atoms with Gasteiger partial charge in [0.25, 0.3) is 5.91 Å². The van der Waals surface area contributed by atoms with Gasteiger partial charge in [0.05, 0.1) is 20.2 Å². The van der Waals surface area contributed by atoms with E-state index in [2.05, 4.69) is 4.72 Å². The molecule has 0 saturated heterocycles. The van der Waals surface area contributed by atoms with Gasteiger partial charge < -0.3 is 4.90 Å². The van der Waals surface area contributed by atoms with Crippen molar-refractivity contribution >= 4 is 25.8 Å². The molecule has 0 aliphatic rings. The molecule has 0 bridgehead atoms. The van der Waals surface area contributed by atoms with Gasteiger partial charge in [0.2, 0.25) is 19.9 Å². The monoisotopic (exact) mass is 568 g/mol. The molecule has 0 aliphatic heterocycles. The van der Waals surface area contributed by atoms with Crippen LogP contribution in [0.25, 0.3) is 0 Å². The molecule has 38 heavy (non-hydrogen) atoms. The summed E-state index contributed by atoms with van der Waals surface area (Å²) in [7, 11) is -9.13. The van der Waals surface area contributed by atoms with Crippen molar-refractivity contribution in [1.29, 1.82) is 0 Å². The van der Waals surface area contributed by atoms with Crippen LogP contribution in [0, 0.1) is 0 Å². The van der Waals surface area contributed by atoms with Crippen LogP contribution in [0.5, 0.6) is 0 Å². The first-order valence-electron chi connectivity index (χ1n) is 11.4. The van der Waals surface area contributed by atoms with E-state index in [-0.39, 0.29) is 17.3 Å². The highest BCUT2D eigenvalue weighted by molar-refractivity contribution is 7.91. The number of sulfonamides is 1. The number of alkyl halides is 3. The van der Waals surface area contributed by atoms with Gasteiger partial charge in [0, 0.05) is 24.2 Å². The molecule has 3 aromatic carbocycles. The maximum atomic E-state index is 13.7. The molecule has 0 fully saturated rings. The van der Waals surface area contributed by atoms with Crippen LogP contribution in [0.3, 0.4) is 0 Å². The highest BCUT2D eigenvalue weighted by Gasteiger charge is 2.38. The Kier molecular flexibility index (Phi) is 8.39. The summed E-state index contributed by atoms with van der Waals surface area (Å²) in [5.41, 5.74) is -1.88. The van der Waals surface area contributed by atoms with Crippen LogP contribution in [-0.2, 0) is 26.0 Å². The zero-order valence-electron chi connectivity index (χ0n) is 20.9. The van der Waals surface area contributed by atoms with Crippen molar-refractivity contribution in [2.24, 2.45) is 0 Å². The Balaban J connectivity index is 1.94. The zero-order chi connectivity index (χ0) is 28.4. The molecule has 0 aromatic heterocycles. The summed E-state index contributed by atoms with van der Waals surface area (Å²) >= 11 is 0. The van der Waals surface area contributed by atoms with Gasteiger partial charge in [0.1, 0.15) is 0 Å². The van der Waals surface area contributed by atoms with Gasteiger partial charge in [-0.1, -0.05) is 36.4 Å². The summed E-state index contributed by atoms with van der Waals surface area (Å²) < 4.78 is 95.4. The lowest BCUT2D eigenvalue weighted by Crippen LogP contribution is -2.49. The third kappa shape index (κ3) is 6.61. The molecule has 0 radical (unpaired) electrons. The molecule has 0 heterocycles.